The number of likely N-dealkylation sites (tertiary alicyclic amines) is 1. The number of hydrogen-bond donors (Lipinski definition) is 0. The Morgan fingerprint density at radius 1 is 1.33 bits per heavy atom. The average Bonchev–Trinajstić information content (AvgIpc) is 3.19. The Kier molecular flexibility index (Phi) is 3.16. The summed E-state index contributed by atoms with van der Waals surface area (Å²) in [7, 11) is 0. The summed E-state index contributed by atoms with van der Waals surface area (Å²) in [6, 6.07) is 3.90. The first-order chi connectivity index (χ1) is 9.26. The van der Waals surface area contributed by atoms with Gasteiger partial charge in [-0.25, -0.2) is 4.98 Å². The van der Waals surface area contributed by atoms with E-state index in [-0.39, 0.29) is 0 Å². The van der Waals surface area contributed by atoms with Gasteiger partial charge in [0.15, 0.2) is 0 Å². The van der Waals surface area contributed by atoms with Crippen molar-refractivity contribution in [1.29, 1.82) is 0 Å². The predicted octanol–water partition coefficient (Wildman–Crippen LogP) is 2.73. The fraction of sp³-hybridized carbons (Fsp3) is 0.667. The molecule has 3 nitrogen and oxygen atoms in total. The lowest BCUT2D eigenvalue weighted by atomic mass is 9.94. The molecule has 0 radical (unpaired) electrons. The summed E-state index contributed by atoms with van der Waals surface area (Å²) in [5.41, 5.74) is 0.773. The number of pyridine rings is 1. The lowest BCUT2D eigenvalue weighted by molar-refractivity contribution is 0.160. The van der Waals surface area contributed by atoms with Gasteiger partial charge >= 0.3 is 0 Å². The molecule has 1 aliphatic heterocycles. The van der Waals surface area contributed by atoms with Crippen molar-refractivity contribution in [2.24, 2.45) is 5.41 Å². The maximum atomic E-state index is 7.35. The summed E-state index contributed by atoms with van der Waals surface area (Å²) in [5, 5.41) is 0. The van der Waals surface area contributed by atoms with Crippen LogP contribution in [0.3, 0.4) is 0 Å². The van der Waals surface area contributed by atoms with Gasteiger partial charge in [-0.05, 0) is 56.7 Å². The van der Waals surface area contributed by atoms with Crippen LogP contribution < -0.4 is 4.74 Å². The third-order valence-electron chi connectivity index (χ3n) is 4.33. The molecule has 2 heterocycles. The number of hydrogen-bond acceptors (Lipinski definition) is 3. The van der Waals surface area contributed by atoms with E-state index in [0.717, 1.165) is 18.4 Å². The number of nitrogens with zero attached hydrogens (tertiary/aromatic N) is 2. The first-order valence-corrected chi connectivity index (χ1v) is 7.04. The molecule has 0 atom stereocenters. The normalized spacial score (nSPS) is 22.8. The van der Waals surface area contributed by atoms with E-state index < -0.39 is 0 Å². The summed E-state index contributed by atoms with van der Waals surface area (Å²) < 4.78 is 12.9. The lowest BCUT2D eigenvalue weighted by Gasteiger charge is -2.31. The molecule has 1 saturated carbocycles. The highest BCUT2D eigenvalue weighted by Gasteiger charge is 2.44. The Labute approximate surface area is 111 Å². The zero-order valence-electron chi connectivity index (χ0n) is 11.9. The SMILES string of the molecule is [2H]c1ccc(OCCCN2CCC3(CC2)CC3)nc1. The van der Waals surface area contributed by atoms with Crippen LogP contribution in [0.1, 0.15) is 33.5 Å². The molecule has 1 aromatic rings. The highest BCUT2D eigenvalue weighted by atomic mass is 16.5. The van der Waals surface area contributed by atoms with Crippen molar-refractivity contribution in [2.45, 2.75) is 32.1 Å². The molecule has 1 spiro atoms. The van der Waals surface area contributed by atoms with E-state index in [9.17, 15) is 0 Å². The van der Waals surface area contributed by atoms with Gasteiger partial charge in [-0.3, -0.25) is 0 Å². The number of ether oxygens (including phenoxy) is 1. The summed E-state index contributed by atoms with van der Waals surface area (Å²) in [5.74, 6) is 0.631. The van der Waals surface area contributed by atoms with Crippen LogP contribution in [0.15, 0.2) is 24.4 Å². The van der Waals surface area contributed by atoms with Crippen molar-refractivity contribution < 1.29 is 6.11 Å². The Hall–Kier alpha value is -1.09. The summed E-state index contributed by atoms with van der Waals surface area (Å²) >= 11 is 0. The molecule has 1 aliphatic carbocycles. The molecule has 2 aliphatic rings. The molecular weight excluding hydrogens is 224 g/mol. The maximum Gasteiger partial charge on any atom is 0.213 e. The number of aromatic nitrogens is 1. The molecule has 18 heavy (non-hydrogen) atoms. The Morgan fingerprint density at radius 3 is 2.83 bits per heavy atom. The highest BCUT2D eigenvalue weighted by molar-refractivity contribution is 5.08. The molecule has 3 rings (SSSR count). The zero-order valence-corrected chi connectivity index (χ0v) is 10.9. The number of piperidine rings is 1. The largest absolute Gasteiger partial charge is 0.478 e. The van der Waals surface area contributed by atoms with E-state index >= 15 is 0 Å². The van der Waals surface area contributed by atoms with Crippen molar-refractivity contribution in [3.05, 3.63) is 24.4 Å². The van der Waals surface area contributed by atoms with Gasteiger partial charge in [0.25, 0.3) is 0 Å². The second-order valence-electron chi connectivity index (χ2n) is 5.64. The Morgan fingerprint density at radius 2 is 2.17 bits per heavy atom. The standard InChI is InChI=1S/C15H22N2O/c1-2-9-16-14(4-1)18-13-3-10-17-11-7-15(5-6-15)8-12-17/h1-2,4,9H,3,5-8,10-13H2/i2D. The molecule has 0 bridgehead atoms. The van der Waals surface area contributed by atoms with Gasteiger partial charge in [0.05, 0.1) is 7.98 Å². The second kappa shape index (κ2) is 5.27. The van der Waals surface area contributed by atoms with E-state index in [2.05, 4.69) is 9.88 Å². The first kappa shape index (κ1) is 10.8. The number of rotatable bonds is 5. The van der Waals surface area contributed by atoms with Crippen LogP contribution >= 0.6 is 0 Å². The summed E-state index contributed by atoms with van der Waals surface area (Å²) in [6.45, 7) is 4.39. The molecular formula is C15H22N2O. The van der Waals surface area contributed by atoms with Crippen LogP contribution in [0.2, 0.25) is 0 Å². The third kappa shape index (κ3) is 3.02. The molecule has 98 valence electrons. The monoisotopic (exact) mass is 247 g/mol. The van der Waals surface area contributed by atoms with Crippen molar-refractivity contribution in [3.8, 4) is 5.88 Å². The maximum absolute atomic E-state index is 7.35. The van der Waals surface area contributed by atoms with Gasteiger partial charge in [-0.15, -0.1) is 0 Å². The zero-order chi connectivity index (χ0) is 13.1. The molecule has 1 aromatic heterocycles. The third-order valence-corrected chi connectivity index (χ3v) is 4.33. The van der Waals surface area contributed by atoms with Gasteiger partial charge in [0, 0.05) is 18.8 Å². The van der Waals surface area contributed by atoms with Crippen LogP contribution in [0.25, 0.3) is 0 Å². The summed E-state index contributed by atoms with van der Waals surface area (Å²) in [4.78, 5) is 6.63. The molecule has 0 aromatic carbocycles. The lowest BCUT2D eigenvalue weighted by Crippen LogP contribution is -2.35. The molecule has 0 amide bonds. The van der Waals surface area contributed by atoms with Crippen molar-refractivity contribution >= 4 is 0 Å². The van der Waals surface area contributed by atoms with E-state index in [1.165, 1.54) is 45.0 Å². The minimum Gasteiger partial charge on any atom is -0.478 e. The minimum atomic E-state index is 0.426. The van der Waals surface area contributed by atoms with Gasteiger partial charge in [-0.1, -0.05) is 6.07 Å². The van der Waals surface area contributed by atoms with Gasteiger partial charge < -0.3 is 9.64 Å². The van der Waals surface area contributed by atoms with Crippen LogP contribution in [0.4, 0.5) is 0 Å². The fourth-order valence-electron chi connectivity index (χ4n) is 2.78. The highest BCUT2D eigenvalue weighted by Crippen LogP contribution is 2.53. The molecule has 1 saturated heterocycles. The molecule has 3 heteroatoms. The predicted molar refractivity (Wildman–Crippen MR) is 71.7 cm³/mol. The van der Waals surface area contributed by atoms with Gasteiger partial charge in [0.1, 0.15) is 0 Å². The minimum absolute atomic E-state index is 0.426. The molecule has 2 fully saturated rings. The van der Waals surface area contributed by atoms with E-state index in [0.29, 0.717) is 18.5 Å². The van der Waals surface area contributed by atoms with Crippen LogP contribution in [0.5, 0.6) is 5.88 Å². The van der Waals surface area contributed by atoms with Crippen molar-refractivity contribution in [1.82, 2.24) is 9.88 Å². The van der Waals surface area contributed by atoms with Crippen molar-refractivity contribution in [2.75, 3.05) is 26.2 Å². The van der Waals surface area contributed by atoms with Crippen LogP contribution in [0, 0.1) is 5.41 Å². The quantitative estimate of drug-likeness (QED) is 0.748. The molecule has 0 N–H and O–H groups in total. The van der Waals surface area contributed by atoms with Gasteiger partial charge in [-0.2, -0.15) is 0 Å². The van der Waals surface area contributed by atoms with Crippen molar-refractivity contribution in [3.63, 3.8) is 0 Å². The summed E-state index contributed by atoms with van der Waals surface area (Å²) in [6.07, 6.45) is 8.33. The van der Waals surface area contributed by atoms with E-state index in [4.69, 9.17) is 6.11 Å². The van der Waals surface area contributed by atoms with E-state index in [1.54, 1.807) is 12.1 Å². The fourth-order valence-corrected chi connectivity index (χ4v) is 2.78. The Bertz CT molecular complexity index is 407. The Balaban J connectivity index is 1.31. The first-order valence-electron chi connectivity index (χ1n) is 7.54. The average molecular weight is 247 g/mol. The van der Waals surface area contributed by atoms with Crippen LogP contribution in [-0.2, 0) is 0 Å². The van der Waals surface area contributed by atoms with Gasteiger partial charge in [0.2, 0.25) is 5.88 Å². The second-order valence-corrected chi connectivity index (χ2v) is 5.64. The van der Waals surface area contributed by atoms with E-state index in [1.807, 2.05) is 0 Å². The molecule has 0 unspecified atom stereocenters. The topological polar surface area (TPSA) is 25.4 Å². The smallest absolute Gasteiger partial charge is 0.213 e. The van der Waals surface area contributed by atoms with Crippen LogP contribution in [-0.4, -0.2) is 36.1 Å².